The number of azo groups is 1. The lowest BCUT2D eigenvalue weighted by molar-refractivity contribution is -0.143. The third kappa shape index (κ3) is 4.11. The largest absolute Gasteiger partial charge is 0.505 e. The van der Waals surface area contributed by atoms with E-state index in [2.05, 4.69) is 20.3 Å². The normalized spacial score (nSPS) is 19.0. The molecule has 0 bridgehead atoms. The minimum Gasteiger partial charge on any atom is -0.505 e. The number of benzene rings is 1. The van der Waals surface area contributed by atoms with Crippen molar-refractivity contribution in [2.24, 2.45) is 16.1 Å². The van der Waals surface area contributed by atoms with Gasteiger partial charge in [0.2, 0.25) is 0 Å². The molecule has 9 nitrogen and oxygen atoms in total. The van der Waals surface area contributed by atoms with Crippen LogP contribution in [0.4, 0.5) is 11.4 Å². The third-order valence-electron chi connectivity index (χ3n) is 5.69. The van der Waals surface area contributed by atoms with Crippen molar-refractivity contribution in [3.05, 3.63) is 64.2 Å². The summed E-state index contributed by atoms with van der Waals surface area (Å²) in [5.74, 6) is -0.851. The summed E-state index contributed by atoms with van der Waals surface area (Å²) in [5, 5.41) is 31.2. The Bertz CT molecular complexity index is 1180. The number of phenols is 1. The Labute approximate surface area is 178 Å². The van der Waals surface area contributed by atoms with Gasteiger partial charge >= 0.3 is 11.5 Å². The lowest BCUT2D eigenvalue weighted by atomic mass is 9.77. The van der Waals surface area contributed by atoms with Crippen molar-refractivity contribution in [2.75, 3.05) is 0 Å². The molecule has 0 spiro atoms. The molecule has 3 aromatic rings. The number of aromatic hydroxyl groups is 1. The first kappa shape index (κ1) is 20.5. The van der Waals surface area contributed by atoms with Crippen LogP contribution in [0.3, 0.4) is 0 Å². The Morgan fingerprint density at radius 3 is 2.77 bits per heavy atom. The lowest BCUT2D eigenvalue weighted by Gasteiger charge is -2.27. The fraction of sp³-hybridized carbons (Fsp3) is 0.318. The average molecular weight is 421 g/mol. The van der Waals surface area contributed by atoms with Crippen molar-refractivity contribution in [2.45, 2.75) is 38.5 Å². The Hall–Kier alpha value is -3.75. The second-order valence-electron chi connectivity index (χ2n) is 7.73. The Kier molecular flexibility index (Phi) is 5.66. The van der Waals surface area contributed by atoms with Gasteiger partial charge in [-0.1, -0.05) is 24.6 Å². The first-order valence-corrected chi connectivity index (χ1v) is 10.1. The van der Waals surface area contributed by atoms with Gasteiger partial charge in [0.1, 0.15) is 11.4 Å². The number of aromatic amines is 1. The van der Waals surface area contributed by atoms with Crippen LogP contribution in [0.25, 0.3) is 5.82 Å². The predicted octanol–water partition coefficient (Wildman–Crippen LogP) is 4.35. The molecule has 9 heteroatoms. The van der Waals surface area contributed by atoms with Crippen LogP contribution in [0.2, 0.25) is 0 Å². The van der Waals surface area contributed by atoms with Crippen molar-refractivity contribution in [3.8, 4) is 11.6 Å². The van der Waals surface area contributed by atoms with E-state index >= 15 is 0 Å². The molecule has 31 heavy (non-hydrogen) atoms. The van der Waals surface area contributed by atoms with E-state index < -0.39 is 17.4 Å². The maximum Gasteiger partial charge on any atom is 0.306 e. The Morgan fingerprint density at radius 1 is 1.19 bits per heavy atom. The molecule has 1 aliphatic rings. The second kappa shape index (κ2) is 8.55. The van der Waals surface area contributed by atoms with Crippen LogP contribution in [0.1, 0.15) is 42.9 Å². The highest BCUT2D eigenvalue weighted by Crippen LogP contribution is 2.43. The van der Waals surface area contributed by atoms with Gasteiger partial charge in [0.05, 0.1) is 11.6 Å². The predicted molar refractivity (Wildman–Crippen MR) is 114 cm³/mol. The zero-order valence-corrected chi connectivity index (χ0v) is 17.0. The molecule has 2 atom stereocenters. The van der Waals surface area contributed by atoms with Crippen molar-refractivity contribution >= 4 is 17.3 Å². The number of aliphatic carboxylic acids is 1. The number of aryl methyl sites for hydroxylation is 1. The number of pyridine rings is 1. The molecule has 3 N–H and O–H groups in total. The minimum absolute atomic E-state index is 0.0273. The number of aromatic nitrogens is 3. The van der Waals surface area contributed by atoms with Gasteiger partial charge < -0.3 is 10.2 Å². The Balaban J connectivity index is 1.62. The van der Waals surface area contributed by atoms with Crippen LogP contribution in [-0.4, -0.2) is 30.9 Å². The summed E-state index contributed by atoms with van der Waals surface area (Å²) >= 11 is 0. The molecule has 0 amide bonds. The first-order chi connectivity index (χ1) is 15.0. The minimum atomic E-state index is -0.799. The van der Waals surface area contributed by atoms with Crippen LogP contribution < -0.4 is 5.56 Å². The van der Waals surface area contributed by atoms with Crippen LogP contribution in [0.15, 0.2) is 57.6 Å². The highest BCUT2D eigenvalue weighted by Gasteiger charge is 2.29. The van der Waals surface area contributed by atoms with Gasteiger partial charge in [-0.15, -0.1) is 10.2 Å². The quantitative estimate of drug-likeness (QED) is 0.527. The molecule has 1 saturated carbocycles. The van der Waals surface area contributed by atoms with E-state index in [9.17, 15) is 19.8 Å². The van der Waals surface area contributed by atoms with Gasteiger partial charge in [-0.25, -0.2) is 4.98 Å². The summed E-state index contributed by atoms with van der Waals surface area (Å²) in [6.07, 6.45) is 4.32. The monoisotopic (exact) mass is 421 g/mol. The number of carboxylic acid groups (broad SMARTS) is 1. The number of nitrogens with one attached hydrogen (secondary N) is 1. The third-order valence-corrected chi connectivity index (χ3v) is 5.69. The molecular weight excluding hydrogens is 398 g/mol. The smallest absolute Gasteiger partial charge is 0.306 e. The topological polar surface area (TPSA) is 133 Å². The number of H-pyrrole nitrogens is 1. The van der Waals surface area contributed by atoms with Gasteiger partial charge in [0.25, 0.3) is 0 Å². The average Bonchev–Trinajstić information content (AvgIpc) is 3.07. The fourth-order valence-electron chi connectivity index (χ4n) is 4.06. The van der Waals surface area contributed by atoms with E-state index in [-0.39, 0.29) is 23.0 Å². The van der Waals surface area contributed by atoms with Gasteiger partial charge in [0, 0.05) is 6.20 Å². The van der Waals surface area contributed by atoms with E-state index in [1.165, 1.54) is 4.68 Å². The molecule has 1 aromatic carbocycles. The van der Waals surface area contributed by atoms with Crippen molar-refractivity contribution in [1.82, 2.24) is 14.8 Å². The summed E-state index contributed by atoms with van der Waals surface area (Å²) in [4.78, 5) is 28.3. The van der Waals surface area contributed by atoms with Crippen molar-refractivity contribution in [1.29, 1.82) is 0 Å². The van der Waals surface area contributed by atoms with E-state index in [0.29, 0.717) is 29.9 Å². The molecule has 0 aliphatic heterocycles. The number of para-hydroxylation sites is 1. The van der Waals surface area contributed by atoms with Crippen LogP contribution >= 0.6 is 0 Å². The summed E-state index contributed by atoms with van der Waals surface area (Å²) < 4.78 is 1.29. The van der Waals surface area contributed by atoms with E-state index in [0.717, 1.165) is 12.8 Å². The van der Waals surface area contributed by atoms with Crippen LogP contribution in [0, 0.1) is 12.8 Å². The SMILES string of the molecule is Cc1[nH]n(-c2ccccn2)c(=O)c1N=Nc1cccc(C2CCCC(C(=O)O)C2)c1O. The highest BCUT2D eigenvalue weighted by molar-refractivity contribution is 5.70. The Morgan fingerprint density at radius 2 is 2.03 bits per heavy atom. The maximum atomic E-state index is 12.7. The van der Waals surface area contributed by atoms with Crippen molar-refractivity contribution in [3.63, 3.8) is 0 Å². The zero-order valence-electron chi connectivity index (χ0n) is 17.0. The number of rotatable bonds is 5. The summed E-state index contributed by atoms with van der Waals surface area (Å²) in [6, 6.07) is 10.4. The van der Waals surface area contributed by atoms with Gasteiger partial charge in [0.15, 0.2) is 11.5 Å². The molecule has 160 valence electrons. The molecular formula is C22H23N5O4. The molecule has 2 heterocycles. The maximum absolute atomic E-state index is 12.7. The molecule has 2 aromatic heterocycles. The number of carboxylic acids is 1. The summed E-state index contributed by atoms with van der Waals surface area (Å²) in [5.41, 5.74) is 1.15. The zero-order chi connectivity index (χ0) is 22.0. The number of hydrogen-bond donors (Lipinski definition) is 3. The lowest BCUT2D eigenvalue weighted by Crippen LogP contribution is -2.21. The number of carbonyl (C=O) groups is 1. The van der Waals surface area contributed by atoms with E-state index in [1.54, 1.807) is 49.5 Å². The molecule has 0 saturated heterocycles. The summed E-state index contributed by atoms with van der Waals surface area (Å²) in [6.45, 7) is 1.71. The van der Waals surface area contributed by atoms with Crippen molar-refractivity contribution < 1.29 is 15.0 Å². The molecule has 1 aliphatic carbocycles. The molecule has 4 rings (SSSR count). The molecule has 0 radical (unpaired) electrons. The fourth-order valence-corrected chi connectivity index (χ4v) is 4.06. The second-order valence-corrected chi connectivity index (χ2v) is 7.73. The van der Waals surface area contributed by atoms with Gasteiger partial charge in [-0.2, -0.15) is 4.68 Å². The summed E-state index contributed by atoms with van der Waals surface area (Å²) in [7, 11) is 0. The van der Waals surface area contributed by atoms with Gasteiger partial charge in [-0.3, -0.25) is 14.7 Å². The first-order valence-electron chi connectivity index (χ1n) is 10.1. The van der Waals surface area contributed by atoms with Crippen LogP contribution in [0.5, 0.6) is 5.75 Å². The number of nitrogens with zero attached hydrogens (tertiary/aromatic N) is 4. The van der Waals surface area contributed by atoms with Crippen LogP contribution in [-0.2, 0) is 4.79 Å². The molecule has 1 fully saturated rings. The molecule has 2 unspecified atom stereocenters. The van der Waals surface area contributed by atoms with Gasteiger partial charge in [-0.05, 0) is 55.9 Å². The standard InChI is InChI=1S/C22H23N5O4/c1-13-19(21(29)27(26-13)18-10-2-3-11-23-18)25-24-17-9-5-8-16(20(17)28)14-6-4-7-15(12-14)22(30)31/h2-3,5,8-11,14-15,26,28H,4,6-7,12H2,1H3,(H,30,31). The number of hydrogen-bond acceptors (Lipinski definition) is 6. The van der Waals surface area contributed by atoms with E-state index in [4.69, 9.17) is 0 Å². The number of phenolic OH excluding ortho intramolecular Hbond substituents is 1. The van der Waals surface area contributed by atoms with E-state index in [1.807, 2.05) is 0 Å². The highest BCUT2D eigenvalue weighted by atomic mass is 16.4.